The minimum Gasteiger partial charge on any atom is -0.497 e. The maximum absolute atomic E-state index is 6.16. The zero-order valence-corrected chi connectivity index (χ0v) is 17.4. The zero-order valence-electron chi connectivity index (χ0n) is 17.4. The number of aromatic amines is 1. The van der Waals surface area contributed by atoms with E-state index in [2.05, 4.69) is 20.2 Å². The van der Waals surface area contributed by atoms with Gasteiger partial charge in [0, 0.05) is 6.20 Å². The second-order valence-corrected chi connectivity index (χ2v) is 7.11. The van der Waals surface area contributed by atoms with Gasteiger partial charge in [-0.15, -0.1) is 0 Å². The summed E-state index contributed by atoms with van der Waals surface area (Å²) in [4.78, 5) is 9.32. The van der Waals surface area contributed by atoms with Gasteiger partial charge in [-0.25, -0.2) is 4.98 Å². The molecule has 32 heavy (non-hydrogen) atoms. The molecule has 0 aliphatic heterocycles. The molecular formula is C26H20N4O2. The van der Waals surface area contributed by atoms with Gasteiger partial charge in [0.1, 0.15) is 11.5 Å². The Morgan fingerprint density at radius 1 is 0.781 bits per heavy atom. The number of H-pyrrole nitrogens is 1. The van der Waals surface area contributed by atoms with Gasteiger partial charge in [0.2, 0.25) is 5.88 Å². The van der Waals surface area contributed by atoms with Crippen LogP contribution in [0.5, 0.6) is 17.4 Å². The molecule has 0 amide bonds. The van der Waals surface area contributed by atoms with Gasteiger partial charge in [-0.05, 0) is 71.8 Å². The van der Waals surface area contributed by atoms with E-state index in [9.17, 15) is 0 Å². The first-order valence-electron chi connectivity index (χ1n) is 10.1. The Morgan fingerprint density at radius 3 is 2.31 bits per heavy atom. The highest BCUT2D eigenvalue weighted by Crippen LogP contribution is 2.29. The highest BCUT2D eigenvalue weighted by atomic mass is 16.5. The first kappa shape index (κ1) is 19.5. The SMILES string of the molecule is COc1ccc(/C=C/c2nc(Oc3ccc(-c4ccn[nH]4)cc3)c3ccccc3n2)cc1. The Balaban J connectivity index is 1.44. The van der Waals surface area contributed by atoms with Crippen LogP contribution in [0.25, 0.3) is 34.3 Å². The number of aromatic nitrogens is 4. The molecule has 0 spiro atoms. The summed E-state index contributed by atoms with van der Waals surface area (Å²) in [5.41, 5.74) is 3.83. The molecule has 0 aliphatic carbocycles. The van der Waals surface area contributed by atoms with E-state index in [-0.39, 0.29) is 0 Å². The fourth-order valence-electron chi connectivity index (χ4n) is 3.33. The molecule has 156 valence electrons. The van der Waals surface area contributed by atoms with E-state index in [0.29, 0.717) is 17.5 Å². The van der Waals surface area contributed by atoms with Crippen molar-refractivity contribution in [2.45, 2.75) is 0 Å². The Labute approximate surface area is 185 Å². The summed E-state index contributed by atoms with van der Waals surface area (Å²) in [7, 11) is 1.65. The van der Waals surface area contributed by atoms with Crippen molar-refractivity contribution in [3.8, 4) is 28.6 Å². The number of nitrogens with one attached hydrogen (secondary N) is 1. The highest BCUT2D eigenvalue weighted by Gasteiger charge is 2.09. The summed E-state index contributed by atoms with van der Waals surface area (Å²) in [5.74, 6) is 2.60. The minimum atomic E-state index is 0.513. The average molecular weight is 420 g/mol. The monoisotopic (exact) mass is 420 g/mol. The average Bonchev–Trinajstić information content (AvgIpc) is 3.39. The number of nitrogens with zero attached hydrogens (tertiary/aromatic N) is 3. The second kappa shape index (κ2) is 8.73. The van der Waals surface area contributed by atoms with Gasteiger partial charge in [-0.3, -0.25) is 5.10 Å². The molecule has 6 heteroatoms. The lowest BCUT2D eigenvalue weighted by Crippen LogP contribution is -1.95. The van der Waals surface area contributed by atoms with Crippen molar-refractivity contribution in [3.63, 3.8) is 0 Å². The van der Waals surface area contributed by atoms with Crippen LogP contribution in [0.2, 0.25) is 0 Å². The predicted octanol–water partition coefficient (Wildman–Crippen LogP) is 5.99. The molecule has 0 saturated carbocycles. The van der Waals surface area contributed by atoms with E-state index in [0.717, 1.165) is 33.5 Å². The molecule has 5 rings (SSSR count). The lowest BCUT2D eigenvalue weighted by Gasteiger charge is -2.09. The van der Waals surface area contributed by atoms with Gasteiger partial charge in [0.05, 0.1) is 23.7 Å². The van der Waals surface area contributed by atoms with Crippen LogP contribution in [0.1, 0.15) is 11.4 Å². The zero-order chi connectivity index (χ0) is 21.8. The van der Waals surface area contributed by atoms with Crippen molar-refractivity contribution >= 4 is 23.1 Å². The van der Waals surface area contributed by atoms with Crippen molar-refractivity contribution in [2.75, 3.05) is 7.11 Å². The third kappa shape index (κ3) is 4.20. The number of hydrogen-bond acceptors (Lipinski definition) is 5. The Hall–Kier alpha value is -4.45. The summed E-state index contributed by atoms with van der Waals surface area (Å²) >= 11 is 0. The van der Waals surface area contributed by atoms with E-state index in [1.165, 1.54) is 0 Å². The van der Waals surface area contributed by atoms with Gasteiger partial charge in [0.15, 0.2) is 5.82 Å². The van der Waals surface area contributed by atoms with Crippen LogP contribution in [0, 0.1) is 0 Å². The molecule has 0 radical (unpaired) electrons. The number of fused-ring (bicyclic) bond motifs is 1. The maximum Gasteiger partial charge on any atom is 0.230 e. The number of benzene rings is 3. The maximum atomic E-state index is 6.16. The van der Waals surface area contributed by atoms with Crippen LogP contribution < -0.4 is 9.47 Å². The summed E-state index contributed by atoms with van der Waals surface area (Å²) in [6.45, 7) is 0. The van der Waals surface area contributed by atoms with Crippen LogP contribution >= 0.6 is 0 Å². The van der Waals surface area contributed by atoms with Crippen molar-refractivity contribution in [1.29, 1.82) is 0 Å². The number of para-hydroxylation sites is 1. The molecule has 6 nitrogen and oxygen atoms in total. The fraction of sp³-hybridized carbons (Fsp3) is 0.0385. The van der Waals surface area contributed by atoms with E-state index in [1.54, 1.807) is 13.3 Å². The molecule has 2 aromatic heterocycles. The predicted molar refractivity (Wildman–Crippen MR) is 126 cm³/mol. The van der Waals surface area contributed by atoms with Crippen LogP contribution in [0.4, 0.5) is 0 Å². The lowest BCUT2D eigenvalue weighted by atomic mass is 10.1. The summed E-state index contributed by atoms with van der Waals surface area (Å²) in [6.07, 6.45) is 5.57. The minimum absolute atomic E-state index is 0.513. The smallest absolute Gasteiger partial charge is 0.230 e. The third-order valence-corrected chi connectivity index (χ3v) is 5.01. The lowest BCUT2D eigenvalue weighted by molar-refractivity contribution is 0.415. The van der Waals surface area contributed by atoms with Crippen molar-refractivity contribution < 1.29 is 9.47 Å². The Bertz CT molecular complexity index is 1360. The molecule has 0 atom stereocenters. The van der Waals surface area contributed by atoms with Gasteiger partial charge in [-0.1, -0.05) is 30.3 Å². The quantitative estimate of drug-likeness (QED) is 0.365. The van der Waals surface area contributed by atoms with E-state index in [1.807, 2.05) is 91.0 Å². The van der Waals surface area contributed by atoms with E-state index in [4.69, 9.17) is 9.47 Å². The van der Waals surface area contributed by atoms with Gasteiger partial charge in [0.25, 0.3) is 0 Å². The molecule has 5 aromatic rings. The first-order valence-corrected chi connectivity index (χ1v) is 10.1. The third-order valence-electron chi connectivity index (χ3n) is 5.01. The number of rotatable bonds is 6. The van der Waals surface area contributed by atoms with Crippen LogP contribution in [0.15, 0.2) is 85.1 Å². The highest BCUT2D eigenvalue weighted by molar-refractivity contribution is 5.85. The standard InChI is InChI=1S/C26H20N4O2/c1-31-20-11-6-18(7-12-20)8-15-25-28-24-5-3-2-4-22(24)26(29-25)32-21-13-9-19(10-14-21)23-16-17-27-30-23/h2-17H,1H3,(H,27,30)/b15-8+. The molecule has 0 bridgehead atoms. The molecule has 3 aromatic carbocycles. The second-order valence-electron chi connectivity index (χ2n) is 7.11. The molecular weight excluding hydrogens is 400 g/mol. The molecule has 2 heterocycles. The van der Waals surface area contributed by atoms with Crippen molar-refractivity contribution in [1.82, 2.24) is 20.2 Å². The Kier molecular flexibility index (Phi) is 5.32. The summed E-state index contributed by atoms with van der Waals surface area (Å²) in [5, 5.41) is 7.81. The van der Waals surface area contributed by atoms with Gasteiger partial charge >= 0.3 is 0 Å². The molecule has 0 aliphatic rings. The van der Waals surface area contributed by atoms with Crippen LogP contribution in [0.3, 0.4) is 0 Å². The molecule has 0 unspecified atom stereocenters. The molecule has 0 fully saturated rings. The Morgan fingerprint density at radius 2 is 1.56 bits per heavy atom. The largest absolute Gasteiger partial charge is 0.497 e. The van der Waals surface area contributed by atoms with Gasteiger partial charge < -0.3 is 9.47 Å². The summed E-state index contributed by atoms with van der Waals surface area (Å²) in [6, 6.07) is 25.3. The van der Waals surface area contributed by atoms with Gasteiger partial charge in [-0.2, -0.15) is 10.1 Å². The number of hydrogen-bond donors (Lipinski definition) is 1. The van der Waals surface area contributed by atoms with Crippen LogP contribution in [-0.4, -0.2) is 27.3 Å². The number of methoxy groups -OCH3 is 1. The van der Waals surface area contributed by atoms with Crippen molar-refractivity contribution in [3.05, 3.63) is 96.4 Å². The molecule has 0 saturated heterocycles. The summed E-state index contributed by atoms with van der Waals surface area (Å²) < 4.78 is 11.4. The molecule has 1 N–H and O–H groups in total. The normalized spacial score (nSPS) is 11.2. The van der Waals surface area contributed by atoms with Crippen molar-refractivity contribution in [2.24, 2.45) is 0 Å². The fourth-order valence-corrected chi connectivity index (χ4v) is 3.33. The first-order chi connectivity index (χ1) is 15.8. The van der Waals surface area contributed by atoms with Crippen LogP contribution in [-0.2, 0) is 0 Å². The van der Waals surface area contributed by atoms with E-state index >= 15 is 0 Å². The number of ether oxygens (including phenoxy) is 2. The topological polar surface area (TPSA) is 72.9 Å². The van der Waals surface area contributed by atoms with E-state index < -0.39 is 0 Å².